The molecule has 1 atom stereocenters. The summed E-state index contributed by atoms with van der Waals surface area (Å²) in [6.45, 7) is 2.16. The van der Waals surface area contributed by atoms with E-state index in [-0.39, 0.29) is 19.1 Å². The quantitative estimate of drug-likeness (QED) is 0.645. The number of nitrogens with zero attached hydrogens (tertiary/aromatic N) is 1. The van der Waals surface area contributed by atoms with E-state index in [1.165, 1.54) is 0 Å². The van der Waals surface area contributed by atoms with Crippen LogP contribution in [0.4, 0.5) is 17.6 Å². The average molecular weight is 306 g/mol. The summed E-state index contributed by atoms with van der Waals surface area (Å²) >= 11 is 0. The molecule has 1 aromatic carbocycles. The first-order valence-electron chi connectivity index (χ1n) is 6.94. The lowest BCUT2D eigenvalue weighted by Crippen LogP contribution is -2.45. The molecule has 7 heteroatoms. The molecule has 1 aliphatic rings. The maximum absolute atomic E-state index is 14.0. The molecule has 21 heavy (non-hydrogen) atoms. The second-order valence-corrected chi connectivity index (χ2v) is 5.05. The van der Waals surface area contributed by atoms with Crippen molar-refractivity contribution in [2.75, 3.05) is 32.8 Å². The minimum absolute atomic E-state index is 0.149. The highest BCUT2D eigenvalue weighted by Gasteiger charge is 2.30. The van der Waals surface area contributed by atoms with Gasteiger partial charge in [0.1, 0.15) is 0 Å². The van der Waals surface area contributed by atoms with Crippen LogP contribution >= 0.6 is 0 Å². The van der Waals surface area contributed by atoms with E-state index in [0.29, 0.717) is 32.6 Å². The number of piperazine rings is 1. The van der Waals surface area contributed by atoms with Crippen LogP contribution in [0.2, 0.25) is 0 Å². The number of hydrogen-bond donors (Lipinski definition) is 2. The first-order chi connectivity index (χ1) is 10.1. The summed E-state index contributed by atoms with van der Waals surface area (Å²) in [6, 6.07) is -0.570. The van der Waals surface area contributed by atoms with E-state index in [0.717, 1.165) is 0 Å². The van der Waals surface area contributed by atoms with Gasteiger partial charge in [0.2, 0.25) is 0 Å². The normalized spacial score (nSPS) is 18.0. The Bertz CT molecular complexity index is 466. The van der Waals surface area contributed by atoms with Gasteiger partial charge in [-0.2, -0.15) is 0 Å². The second kappa shape index (κ2) is 7.20. The predicted molar refractivity (Wildman–Crippen MR) is 69.8 cm³/mol. The maximum atomic E-state index is 14.0. The van der Waals surface area contributed by atoms with Crippen molar-refractivity contribution in [1.29, 1.82) is 0 Å². The largest absolute Gasteiger partial charge is 0.396 e. The zero-order valence-corrected chi connectivity index (χ0v) is 11.5. The van der Waals surface area contributed by atoms with Crippen molar-refractivity contribution in [3.8, 4) is 0 Å². The summed E-state index contributed by atoms with van der Waals surface area (Å²) in [5.41, 5.74) is -0.581. The first kappa shape index (κ1) is 16.2. The third-order valence-electron chi connectivity index (χ3n) is 3.71. The third-order valence-corrected chi connectivity index (χ3v) is 3.71. The summed E-state index contributed by atoms with van der Waals surface area (Å²) in [6.07, 6.45) is 0.527. The summed E-state index contributed by atoms with van der Waals surface area (Å²) in [5.74, 6) is -5.49. The fraction of sp³-hybridized carbons (Fsp3) is 0.571. The maximum Gasteiger partial charge on any atom is 0.166 e. The molecule has 1 aromatic rings. The third kappa shape index (κ3) is 3.53. The van der Waals surface area contributed by atoms with Crippen molar-refractivity contribution in [2.45, 2.75) is 18.9 Å². The van der Waals surface area contributed by atoms with Gasteiger partial charge >= 0.3 is 0 Å². The molecule has 0 radical (unpaired) electrons. The molecule has 0 aromatic heterocycles. The molecule has 118 valence electrons. The molecule has 1 saturated heterocycles. The fourth-order valence-electron chi connectivity index (χ4n) is 2.67. The minimum atomic E-state index is -1.40. The molecule has 3 nitrogen and oxygen atoms in total. The van der Waals surface area contributed by atoms with Crippen LogP contribution in [-0.4, -0.2) is 42.8 Å². The van der Waals surface area contributed by atoms with Gasteiger partial charge in [0.25, 0.3) is 0 Å². The molecule has 0 spiro atoms. The van der Waals surface area contributed by atoms with E-state index in [4.69, 9.17) is 5.11 Å². The van der Waals surface area contributed by atoms with Gasteiger partial charge in [-0.1, -0.05) is 0 Å². The van der Waals surface area contributed by atoms with Gasteiger partial charge in [0.15, 0.2) is 23.3 Å². The van der Waals surface area contributed by atoms with Crippen molar-refractivity contribution >= 4 is 0 Å². The van der Waals surface area contributed by atoms with E-state index in [1.54, 1.807) is 4.90 Å². The van der Waals surface area contributed by atoms with E-state index >= 15 is 0 Å². The Balaban J connectivity index is 2.40. The van der Waals surface area contributed by atoms with Crippen LogP contribution < -0.4 is 5.32 Å². The molecular weight excluding hydrogens is 288 g/mol. The highest BCUT2D eigenvalue weighted by atomic mass is 19.2. The Morgan fingerprint density at radius 2 is 1.67 bits per heavy atom. The van der Waals surface area contributed by atoms with Crippen molar-refractivity contribution in [1.82, 2.24) is 10.2 Å². The van der Waals surface area contributed by atoms with Gasteiger partial charge in [0, 0.05) is 50.5 Å². The van der Waals surface area contributed by atoms with Crippen molar-refractivity contribution in [2.24, 2.45) is 0 Å². The van der Waals surface area contributed by atoms with E-state index < -0.39 is 34.9 Å². The number of hydrogen-bond acceptors (Lipinski definition) is 3. The Morgan fingerprint density at radius 1 is 1.10 bits per heavy atom. The summed E-state index contributed by atoms with van der Waals surface area (Å²) in [7, 11) is 0. The van der Waals surface area contributed by atoms with Gasteiger partial charge in [-0.15, -0.1) is 0 Å². The molecule has 0 aliphatic carbocycles. The Labute approximate surface area is 120 Å². The predicted octanol–water partition coefficient (Wildman–Crippen LogP) is 1.96. The smallest absolute Gasteiger partial charge is 0.166 e. The van der Waals surface area contributed by atoms with Gasteiger partial charge in [-0.25, -0.2) is 17.6 Å². The standard InChI is InChI=1S/C14H18F4N2O/c15-9-8-10(16)14(18)12(13(9)17)11(2-1-7-21)20-5-3-19-4-6-20/h8,11,19,21H,1-7H2/t11-/m0/s1. The van der Waals surface area contributed by atoms with Crippen LogP contribution in [0.5, 0.6) is 0 Å². The molecule has 0 bridgehead atoms. The molecule has 0 amide bonds. The van der Waals surface area contributed by atoms with Crippen LogP contribution in [0.25, 0.3) is 0 Å². The van der Waals surface area contributed by atoms with E-state index in [9.17, 15) is 17.6 Å². The zero-order valence-electron chi connectivity index (χ0n) is 11.5. The van der Waals surface area contributed by atoms with Crippen molar-refractivity contribution < 1.29 is 22.7 Å². The molecule has 0 saturated carbocycles. The Kier molecular flexibility index (Phi) is 5.55. The first-order valence-corrected chi connectivity index (χ1v) is 6.94. The molecule has 1 fully saturated rings. The second-order valence-electron chi connectivity index (χ2n) is 5.05. The highest BCUT2D eigenvalue weighted by molar-refractivity contribution is 5.26. The van der Waals surface area contributed by atoms with E-state index in [2.05, 4.69) is 5.32 Å². The van der Waals surface area contributed by atoms with Gasteiger partial charge in [-0.3, -0.25) is 4.90 Å². The van der Waals surface area contributed by atoms with Crippen LogP contribution in [-0.2, 0) is 0 Å². The zero-order chi connectivity index (χ0) is 15.4. The minimum Gasteiger partial charge on any atom is -0.396 e. The molecular formula is C14H18F4N2O. The molecule has 2 N–H and O–H groups in total. The van der Waals surface area contributed by atoms with Gasteiger partial charge < -0.3 is 10.4 Å². The number of aliphatic hydroxyl groups excluding tert-OH is 1. The number of halogens is 4. The number of benzene rings is 1. The van der Waals surface area contributed by atoms with Crippen LogP contribution in [0.3, 0.4) is 0 Å². The Hall–Kier alpha value is -1.18. The number of nitrogens with one attached hydrogen (secondary N) is 1. The van der Waals surface area contributed by atoms with Gasteiger partial charge in [0.05, 0.1) is 0 Å². The molecule has 1 heterocycles. The van der Waals surface area contributed by atoms with Crippen molar-refractivity contribution in [3.63, 3.8) is 0 Å². The molecule has 1 aliphatic heterocycles. The lowest BCUT2D eigenvalue weighted by molar-refractivity contribution is 0.147. The SMILES string of the molecule is OCCC[C@@H](c1c(F)c(F)cc(F)c1F)N1CCNCC1. The summed E-state index contributed by atoms with van der Waals surface area (Å²) in [5, 5.41) is 12.0. The lowest BCUT2D eigenvalue weighted by Gasteiger charge is -2.35. The highest BCUT2D eigenvalue weighted by Crippen LogP contribution is 2.32. The molecule has 2 rings (SSSR count). The van der Waals surface area contributed by atoms with Crippen LogP contribution in [0, 0.1) is 23.3 Å². The average Bonchev–Trinajstić information content (AvgIpc) is 2.49. The van der Waals surface area contributed by atoms with Crippen LogP contribution in [0.15, 0.2) is 6.07 Å². The summed E-state index contributed by atoms with van der Waals surface area (Å²) in [4.78, 5) is 1.78. The van der Waals surface area contributed by atoms with Gasteiger partial charge in [-0.05, 0) is 12.8 Å². The lowest BCUT2D eigenvalue weighted by atomic mass is 9.98. The summed E-state index contributed by atoms with van der Waals surface area (Å²) < 4.78 is 54.8. The number of rotatable bonds is 5. The van der Waals surface area contributed by atoms with Crippen LogP contribution in [0.1, 0.15) is 24.4 Å². The van der Waals surface area contributed by atoms with Crippen molar-refractivity contribution in [3.05, 3.63) is 34.9 Å². The Morgan fingerprint density at radius 3 is 2.19 bits per heavy atom. The topological polar surface area (TPSA) is 35.5 Å². The molecule has 0 unspecified atom stereocenters. The van der Waals surface area contributed by atoms with E-state index in [1.807, 2.05) is 0 Å². The fourth-order valence-corrected chi connectivity index (χ4v) is 2.67. The monoisotopic (exact) mass is 306 g/mol. The number of aliphatic hydroxyl groups is 1.